The summed E-state index contributed by atoms with van der Waals surface area (Å²) in [7, 11) is 0. The molecule has 0 amide bonds. The largest absolute Gasteiger partial charge is 0.307 e. The minimum Gasteiger partial charge on any atom is -0.307 e. The topological polar surface area (TPSA) is 17.8 Å². The van der Waals surface area contributed by atoms with Crippen molar-refractivity contribution in [2.75, 3.05) is 0 Å². The Morgan fingerprint density at radius 1 is 0.656 bits per heavy atom. The molecule has 2 nitrogen and oxygen atoms in total. The number of para-hydroxylation sites is 1. The first-order valence-electron chi connectivity index (χ1n) is 11.2. The van der Waals surface area contributed by atoms with Crippen LogP contribution in [0.3, 0.4) is 0 Å². The van der Waals surface area contributed by atoms with Crippen LogP contribution >= 0.6 is 0 Å². The third-order valence-corrected chi connectivity index (χ3v) is 7.25. The second-order valence-electron chi connectivity index (χ2n) is 9.28. The van der Waals surface area contributed by atoms with Gasteiger partial charge in [0.05, 0.1) is 22.9 Å². The first kappa shape index (κ1) is 17.7. The summed E-state index contributed by atoms with van der Waals surface area (Å²) in [6, 6.07) is 31.0. The zero-order chi connectivity index (χ0) is 21.4. The molecule has 7 rings (SSSR count). The minimum atomic E-state index is -0.0374. The molecule has 0 spiro atoms. The van der Waals surface area contributed by atoms with Crippen molar-refractivity contribution in [1.82, 2.24) is 9.55 Å². The van der Waals surface area contributed by atoms with Gasteiger partial charge in [0, 0.05) is 27.8 Å². The highest BCUT2D eigenvalue weighted by Gasteiger charge is 2.36. The van der Waals surface area contributed by atoms with Crippen LogP contribution in [0.25, 0.3) is 49.4 Å². The van der Waals surface area contributed by atoms with E-state index in [9.17, 15) is 0 Å². The Balaban J connectivity index is 1.68. The molecule has 0 unspecified atom stereocenters. The third-order valence-electron chi connectivity index (χ3n) is 7.25. The van der Waals surface area contributed by atoms with E-state index >= 15 is 0 Å². The first-order chi connectivity index (χ1) is 15.7. The molecule has 2 aromatic heterocycles. The summed E-state index contributed by atoms with van der Waals surface area (Å²) in [5, 5.41) is 5.19. The van der Waals surface area contributed by atoms with Crippen molar-refractivity contribution in [3.63, 3.8) is 0 Å². The van der Waals surface area contributed by atoms with E-state index in [2.05, 4.69) is 102 Å². The number of hydrogen-bond donors (Lipinski definition) is 0. The molecule has 0 fully saturated rings. The van der Waals surface area contributed by atoms with Gasteiger partial charge < -0.3 is 4.57 Å². The lowest BCUT2D eigenvalue weighted by Crippen LogP contribution is -2.15. The van der Waals surface area contributed by atoms with Crippen molar-refractivity contribution in [1.29, 1.82) is 0 Å². The molecule has 0 radical (unpaired) electrons. The Hall–Kier alpha value is -3.91. The summed E-state index contributed by atoms with van der Waals surface area (Å²) in [5.74, 6) is 0. The zero-order valence-electron chi connectivity index (χ0n) is 18.1. The van der Waals surface area contributed by atoms with Gasteiger partial charge in [-0.2, -0.15) is 0 Å². The van der Waals surface area contributed by atoms with Gasteiger partial charge in [0.2, 0.25) is 0 Å². The van der Waals surface area contributed by atoms with E-state index in [0.717, 1.165) is 5.69 Å². The third kappa shape index (κ3) is 2.12. The van der Waals surface area contributed by atoms with E-state index in [0.29, 0.717) is 0 Å². The van der Waals surface area contributed by atoms with Crippen molar-refractivity contribution >= 4 is 32.6 Å². The fraction of sp³-hybridized carbons (Fsp3) is 0.100. The first-order valence-corrected chi connectivity index (χ1v) is 11.2. The van der Waals surface area contributed by atoms with Gasteiger partial charge >= 0.3 is 0 Å². The molecule has 152 valence electrons. The molecule has 2 heterocycles. The van der Waals surface area contributed by atoms with Crippen LogP contribution in [0.1, 0.15) is 25.0 Å². The molecule has 1 aliphatic rings. The van der Waals surface area contributed by atoms with Crippen molar-refractivity contribution in [2.24, 2.45) is 0 Å². The van der Waals surface area contributed by atoms with Gasteiger partial charge in [-0.25, -0.2) is 0 Å². The highest BCUT2D eigenvalue weighted by molar-refractivity contribution is 6.20. The summed E-state index contributed by atoms with van der Waals surface area (Å²) in [6.07, 6.45) is 3.79. The van der Waals surface area contributed by atoms with E-state index in [1.165, 1.54) is 54.8 Å². The highest BCUT2D eigenvalue weighted by atomic mass is 15.0. The maximum atomic E-state index is 4.42. The fourth-order valence-electron chi connectivity index (χ4n) is 5.91. The number of fused-ring (bicyclic) bond motifs is 9. The van der Waals surface area contributed by atoms with Crippen molar-refractivity contribution in [2.45, 2.75) is 19.3 Å². The SMILES string of the molecule is CC1(C)c2ccccc2-c2ccc3c(ccc4c5ccccc5n(-c5cccnc5)c34)c21. The number of rotatable bonds is 1. The van der Waals surface area contributed by atoms with Crippen LogP contribution in [0, 0.1) is 0 Å². The van der Waals surface area contributed by atoms with Gasteiger partial charge in [-0.1, -0.05) is 80.6 Å². The smallest absolute Gasteiger partial charge is 0.0645 e. The van der Waals surface area contributed by atoms with E-state index in [1.54, 1.807) is 0 Å². The molecular weight excluding hydrogens is 388 g/mol. The molecule has 0 atom stereocenters. The van der Waals surface area contributed by atoms with E-state index in [1.807, 2.05) is 18.5 Å². The van der Waals surface area contributed by atoms with Crippen molar-refractivity contribution in [3.05, 3.63) is 108 Å². The van der Waals surface area contributed by atoms with Gasteiger partial charge in [0.25, 0.3) is 0 Å². The lowest BCUT2D eigenvalue weighted by Gasteiger charge is -2.23. The Labute approximate surface area is 186 Å². The minimum absolute atomic E-state index is 0.0374. The summed E-state index contributed by atoms with van der Waals surface area (Å²) in [5.41, 5.74) is 9.09. The molecule has 0 saturated carbocycles. The molecular formula is C30H22N2. The standard InChI is InChI=1S/C30H22N2/c1-30(2)26-11-5-3-9-20(26)22-13-16-25-23(28(22)30)14-15-24-21-10-4-6-12-27(21)32(29(24)25)19-8-7-17-31-18-19/h3-18H,1-2H3. The maximum absolute atomic E-state index is 4.42. The predicted octanol–water partition coefficient (Wildman–Crippen LogP) is 7.64. The number of pyridine rings is 1. The average molecular weight is 411 g/mol. The molecule has 0 N–H and O–H groups in total. The maximum Gasteiger partial charge on any atom is 0.0645 e. The van der Waals surface area contributed by atoms with Crippen LogP contribution in [-0.4, -0.2) is 9.55 Å². The van der Waals surface area contributed by atoms with Gasteiger partial charge in [-0.15, -0.1) is 0 Å². The molecule has 0 saturated heterocycles. The highest BCUT2D eigenvalue weighted by Crippen LogP contribution is 2.52. The average Bonchev–Trinajstić information content (AvgIpc) is 3.30. The van der Waals surface area contributed by atoms with Crippen LogP contribution < -0.4 is 0 Å². The van der Waals surface area contributed by atoms with Gasteiger partial charge in [0.1, 0.15) is 0 Å². The van der Waals surface area contributed by atoms with Gasteiger partial charge in [-0.05, 0) is 45.8 Å². The fourth-order valence-corrected chi connectivity index (χ4v) is 5.91. The van der Waals surface area contributed by atoms with Crippen molar-refractivity contribution < 1.29 is 0 Å². The number of aromatic nitrogens is 2. The normalized spacial score (nSPS) is 14.2. The lowest BCUT2D eigenvalue weighted by molar-refractivity contribution is 0.666. The Bertz CT molecular complexity index is 1690. The monoisotopic (exact) mass is 410 g/mol. The Morgan fingerprint density at radius 2 is 1.41 bits per heavy atom. The van der Waals surface area contributed by atoms with Crippen LogP contribution in [0.4, 0.5) is 0 Å². The van der Waals surface area contributed by atoms with Crippen LogP contribution in [0.2, 0.25) is 0 Å². The van der Waals surface area contributed by atoms with Gasteiger partial charge in [0.15, 0.2) is 0 Å². The Morgan fingerprint density at radius 3 is 2.28 bits per heavy atom. The van der Waals surface area contributed by atoms with Crippen LogP contribution in [0.15, 0.2) is 97.3 Å². The molecule has 1 aliphatic carbocycles. The second kappa shape index (κ2) is 6.08. The summed E-state index contributed by atoms with van der Waals surface area (Å²) >= 11 is 0. The second-order valence-corrected chi connectivity index (χ2v) is 9.28. The molecule has 32 heavy (non-hydrogen) atoms. The summed E-state index contributed by atoms with van der Waals surface area (Å²) in [4.78, 5) is 4.42. The molecule has 0 aliphatic heterocycles. The molecule has 6 aromatic rings. The van der Waals surface area contributed by atoms with E-state index < -0.39 is 0 Å². The zero-order valence-corrected chi connectivity index (χ0v) is 18.1. The molecule has 2 heteroatoms. The number of hydrogen-bond acceptors (Lipinski definition) is 1. The van der Waals surface area contributed by atoms with Crippen LogP contribution in [-0.2, 0) is 5.41 Å². The van der Waals surface area contributed by atoms with E-state index in [4.69, 9.17) is 0 Å². The number of benzene rings is 4. The summed E-state index contributed by atoms with van der Waals surface area (Å²) in [6.45, 7) is 4.72. The lowest BCUT2D eigenvalue weighted by atomic mass is 9.80. The molecule has 4 aromatic carbocycles. The van der Waals surface area contributed by atoms with E-state index in [-0.39, 0.29) is 5.41 Å². The Kier molecular flexibility index (Phi) is 3.37. The van der Waals surface area contributed by atoms with Crippen molar-refractivity contribution in [3.8, 4) is 16.8 Å². The van der Waals surface area contributed by atoms with Gasteiger partial charge in [-0.3, -0.25) is 4.98 Å². The predicted molar refractivity (Wildman–Crippen MR) is 134 cm³/mol. The quantitative estimate of drug-likeness (QED) is 0.272. The number of nitrogens with zero attached hydrogens (tertiary/aromatic N) is 2. The summed E-state index contributed by atoms with van der Waals surface area (Å²) < 4.78 is 2.38. The van der Waals surface area contributed by atoms with Crippen LogP contribution in [0.5, 0.6) is 0 Å². The molecule has 0 bridgehead atoms.